The molecule has 106 valence electrons. The molecular weight excluding hydrogens is 238 g/mol. The van der Waals surface area contributed by atoms with Crippen molar-refractivity contribution < 1.29 is 4.79 Å². The lowest BCUT2D eigenvalue weighted by molar-refractivity contribution is -0.118. The highest BCUT2D eigenvalue weighted by atomic mass is 16.2. The summed E-state index contributed by atoms with van der Waals surface area (Å²) in [5.74, 6) is -0.00287. The van der Waals surface area contributed by atoms with Crippen LogP contribution in [-0.2, 0) is 4.79 Å². The normalized spacial score (nSPS) is 11.7. The van der Waals surface area contributed by atoms with Gasteiger partial charge in [0.05, 0.1) is 6.54 Å². The summed E-state index contributed by atoms with van der Waals surface area (Å²) < 4.78 is 0. The van der Waals surface area contributed by atoms with Crippen LogP contribution < -0.4 is 11.1 Å². The van der Waals surface area contributed by atoms with Crippen molar-refractivity contribution in [2.45, 2.75) is 39.7 Å². The first-order chi connectivity index (χ1) is 8.76. The Bertz CT molecular complexity index is 455. The molecule has 0 heterocycles. The van der Waals surface area contributed by atoms with Gasteiger partial charge in [-0.25, -0.2) is 0 Å². The molecule has 0 saturated heterocycles. The molecule has 1 aromatic carbocycles. The van der Waals surface area contributed by atoms with Gasteiger partial charge in [-0.3, -0.25) is 9.69 Å². The molecule has 1 rings (SSSR count). The highest BCUT2D eigenvalue weighted by molar-refractivity contribution is 5.93. The number of rotatable bonds is 5. The van der Waals surface area contributed by atoms with E-state index in [0.717, 1.165) is 17.7 Å². The number of aryl methyl sites for hydroxylation is 1. The number of nitrogens with one attached hydrogen (secondary N) is 1. The molecule has 4 heteroatoms. The minimum absolute atomic E-state index is 0.00287. The van der Waals surface area contributed by atoms with Gasteiger partial charge >= 0.3 is 0 Å². The number of anilines is 2. The van der Waals surface area contributed by atoms with Crippen LogP contribution in [0.2, 0.25) is 0 Å². The average molecular weight is 263 g/mol. The fourth-order valence-corrected chi connectivity index (χ4v) is 1.72. The molecule has 0 fully saturated rings. The maximum atomic E-state index is 12.0. The zero-order valence-electron chi connectivity index (χ0n) is 12.6. The van der Waals surface area contributed by atoms with Crippen molar-refractivity contribution >= 4 is 17.3 Å². The van der Waals surface area contributed by atoms with E-state index < -0.39 is 0 Å². The van der Waals surface area contributed by atoms with Crippen LogP contribution in [0.15, 0.2) is 18.2 Å². The first kappa shape index (κ1) is 15.5. The van der Waals surface area contributed by atoms with Crippen LogP contribution in [0.3, 0.4) is 0 Å². The molecule has 19 heavy (non-hydrogen) atoms. The van der Waals surface area contributed by atoms with E-state index >= 15 is 0 Å². The molecule has 0 spiro atoms. The lowest BCUT2D eigenvalue weighted by atomic mass is 10.00. The van der Waals surface area contributed by atoms with E-state index in [-0.39, 0.29) is 11.4 Å². The van der Waals surface area contributed by atoms with Gasteiger partial charge in [0.15, 0.2) is 0 Å². The van der Waals surface area contributed by atoms with Crippen LogP contribution in [0, 0.1) is 6.92 Å². The first-order valence-corrected chi connectivity index (χ1v) is 6.63. The van der Waals surface area contributed by atoms with Gasteiger partial charge < -0.3 is 11.1 Å². The standard InChI is InChI=1S/C15H25N3O/c1-6-15(3,4)18(5)10-14(19)17-13-8-7-12(16)9-11(13)2/h7-9H,6,10,16H2,1-5H3,(H,17,19). The fourth-order valence-electron chi connectivity index (χ4n) is 1.72. The lowest BCUT2D eigenvalue weighted by Gasteiger charge is -2.34. The largest absolute Gasteiger partial charge is 0.399 e. The number of carbonyl (C=O) groups excluding carboxylic acids is 1. The summed E-state index contributed by atoms with van der Waals surface area (Å²) in [7, 11) is 1.97. The van der Waals surface area contributed by atoms with E-state index in [1.807, 2.05) is 26.1 Å². The highest BCUT2D eigenvalue weighted by Crippen LogP contribution is 2.19. The molecule has 0 aliphatic rings. The van der Waals surface area contributed by atoms with Crippen LogP contribution in [-0.4, -0.2) is 29.9 Å². The fraction of sp³-hybridized carbons (Fsp3) is 0.533. The lowest BCUT2D eigenvalue weighted by Crippen LogP contribution is -2.44. The molecule has 0 aromatic heterocycles. The van der Waals surface area contributed by atoms with E-state index in [2.05, 4.69) is 31.0 Å². The van der Waals surface area contributed by atoms with Gasteiger partial charge in [-0.05, 0) is 58.0 Å². The third kappa shape index (κ3) is 4.24. The van der Waals surface area contributed by atoms with E-state index in [1.165, 1.54) is 0 Å². The van der Waals surface area contributed by atoms with Gasteiger partial charge in [-0.1, -0.05) is 6.92 Å². The van der Waals surface area contributed by atoms with Crippen molar-refractivity contribution in [2.24, 2.45) is 0 Å². The van der Waals surface area contributed by atoms with Crippen molar-refractivity contribution in [3.8, 4) is 0 Å². The van der Waals surface area contributed by atoms with Gasteiger partial charge in [-0.2, -0.15) is 0 Å². The number of amides is 1. The molecule has 0 radical (unpaired) electrons. The van der Waals surface area contributed by atoms with Crippen LogP contribution in [0.5, 0.6) is 0 Å². The first-order valence-electron chi connectivity index (χ1n) is 6.63. The number of hydrogen-bond acceptors (Lipinski definition) is 3. The Labute approximate surface area is 116 Å². The Morgan fingerprint density at radius 3 is 2.58 bits per heavy atom. The van der Waals surface area contributed by atoms with Crippen molar-refractivity contribution in [1.82, 2.24) is 4.90 Å². The van der Waals surface area contributed by atoms with Gasteiger partial charge in [0, 0.05) is 16.9 Å². The van der Waals surface area contributed by atoms with E-state index in [0.29, 0.717) is 12.2 Å². The monoisotopic (exact) mass is 263 g/mol. The number of nitrogens with two attached hydrogens (primary N) is 1. The Hall–Kier alpha value is -1.55. The summed E-state index contributed by atoms with van der Waals surface area (Å²) in [6.45, 7) is 8.71. The average Bonchev–Trinajstić information content (AvgIpc) is 2.32. The highest BCUT2D eigenvalue weighted by Gasteiger charge is 2.23. The van der Waals surface area contributed by atoms with E-state index in [1.54, 1.807) is 6.07 Å². The van der Waals surface area contributed by atoms with Crippen molar-refractivity contribution in [1.29, 1.82) is 0 Å². The number of nitrogens with zero attached hydrogens (tertiary/aromatic N) is 1. The minimum atomic E-state index is -0.00287. The summed E-state index contributed by atoms with van der Waals surface area (Å²) >= 11 is 0. The predicted molar refractivity (Wildman–Crippen MR) is 81.2 cm³/mol. The van der Waals surface area contributed by atoms with Crippen molar-refractivity contribution in [3.63, 3.8) is 0 Å². The Morgan fingerprint density at radius 2 is 2.05 bits per heavy atom. The Kier molecular flexibility index (Phi) is 4.95. The molecule has 0 aliphatic heterocycles. The van der Waals surface area contributed by atoms with Gasteiger partial charge in [0.1, 0.15) is 0 Å². The molecule has 1 aromatic rings. The zero-order chi connectivity index (χ0) is 14.6. The Balaban J connectivity index is 2.65. The zero-order valence-corrected chi connectivity index (χ0v) is 12.6. The molecule has 3 N–H and O–H groups in total. The van der Waals surface area contributed by atoms with Crippen molar-refractivity contribution in [2.75, 3.05) is 24.6 Å². The van der Waals surface area contributed by atoms with Crippen LogP contribution in [0.4, 0.5) is 11.4 Å². The second-order valence-corrected chi connectivity index (χ2v) is 5.64. The summed E-state index contributed by atoms with van der Waals surface area (Å²) in [6, 6.07) is 5.49. The van der Waals surface area contributed by atoms with Crippen LogP contribution >= 0.6 is 0 Å². The molecular formula is C15H25N3O. The molecule has 1 amide bonds. The van der Waals surface area contributed by atoms with Gasteiger partial charge in [0.2, 0.25) is 5.91 Å². The minimum Gasteiger partial charge on any atom is -0.399 e. The van der Waals surface area contributed by atoms with E-state index in [4.69, 9.17) is 5.73 Å². The van der Waals surface area contributed by atoms with Crippen LogP contribution in [0.1, 0.15) is 32.8 Å². The van der Waals surface area contributed by atoms with E-state index in [9.17, 15) is 4.79 Å². The van der Waals surface area contributed by atoms with Gasteiger partial charge in [0.25, 0.3) is 0 Å². The number of likely N-dealkylation sites (N-methyl/N-ethyl adjacent to an activating group) is 1. The second kappa shape index (κ2) is 6.06. The molecule has 0 saturated carbocycles. The van der Waals surface area contributed by atoms with Gasteiger partial charge in [-0.15, -0.1) is 0 Å². The summed E-state index contributed by atoms with van der Waals surface area (Å²) in [5.41, 5.74) is 8.22. The predicted octanol–water partition coefficient (Wildman–Crippen LogP) is 2.64. The molecule has 0 atom stereocenters. The third-order valence-corrected chi connectivity index (χ3v) is 3.80. The Morgan fingerprint density at radius 1 is 1.42 bits per heavy atom. The van der Waals surface area contributed by atoms with Crippen LogP contribution in [0.25, 0.3) is 0 Å². The summed E-state index contributed by atoms with van der Waals surface area (Å²) in [6.07, 6.45) is 0.998. The number of nitrogen functional groups attached to an aromatic ring is 1. The number of benzene rings is 1. The molecule has 0 aliphatic carbocycles. The summed E-state index contributed by atoms with van der Waals surface area (Å²) in [5, 5.41) is 2.93. The molecule has 0 unspecified atom stereocenters. The number of hydrogen-bond donors (Lipinski definition) is 2. The second-order valence-electron chi connectivity index (χ2n) is 5.64. The van der Waals surface area contributed by atoms with Crippen molar-refractivity contribution in [3.05, 3.63) is 23.8 Å². The quantitative estimate of drug-likeness (QED) is 0.803. The topological polar surface area (TPSA) is 58.4 Å². The molecule has 0 bridgehead atoms. The smallest absolute Gasteiger partial charge is 0.238 e. The number of carbonyl (C=O) groups is 1. The third-order valence-electron chi connectivity index (χ3n) is 3.80. The summed E-state index contributed by atoms with van der Waals surface area (Å²) in [4.78, 5) is 14.1. The maximum Gasteiger partial charge on any atom is 0.238 e. The SMILES string of the molecule is CCC(C)(C)N(C)CC(=O)Nc1ccc(N)cc1C. The maximum absolute atomic E-state index is 12.0. The molecule has 4 nitrogen and oxygen atoms in total.